The number of esters is 1. The highest BCUT2D eigenvalue weighted by atomic mass is 32.2. The predicted octanol–water partition coefficient (Wildman–Crippen LogP) is 2.34. The summed E-state index contributed by atoms with van der Waals surface area (Å²) in [5.74, 6) is -0.316. The van der Waals surface area contributed by atoms with Crippen LogP contribution in [-0.4, -0.2) is 57.9 Å². The molecule has 0 spiro atoms. The summed E-state index contributed by atoms with van der Waals surface area (Å²) in [6.07, 6.45) is 1.35. The normalized spacial score (nSPS) is 16.6. The van der Waals surface area contributed by atoms with Crippen molar-refractivity contribution in [1.29, 1.82) is 0 Å². The number of hydrogen-bond donors (Lipinski definition) is 0. The van der Waals surface area contributed by atoms with Crippen LogP contribution in [0.4, 0.5) is 5.69 Å². The number of sulfone groups is 1. The number of piperazine rings is 1. The fourth-order valence-electron chi connectivity index (χ4n) is 3.42. The van der Waals surface area contributed by atoms with Crippen LogP contribution in [0.3, 0.4) is 0 Å². The average molecular weight is 403 g/mol. The van der Waals surface area contributed by atoms with Gasteiger partial charge < -0.3 is 9.64 Å². The van der Waals surface area contributed by atoms with Crippen LogP contribution >= 0.6 is 0 Å². The third kappa shape index (κ3) is 5.33. The van der Waals surface area contributed by atoms with E-state index in [-0.39, 0.29) is 17.1 Å². The van der Waals surface area contributed by atoms with Gasteiger partial charge in [-0.15, -0.1) is 0 Å². The summed E-state index contributed by atoms with van der Waals surface area (Å²) in [6.45, 7) is 4.70. The Morgan fingerprint density at radius 3 is 2.14 bits per heavy atom. The maximum absolute atomic E-state index is 11.6. The second-order valence-corrected chi connectivity index (χ2v) is 9.06. The average Bonchev–Trinajstić information content (AvgIpc) is 2.68. The first-order chi connectivity index (χ1) is 13.3. The molecule has 0 aromatic heterocycles. The zero-order valence-electron chi connectivity index (χ0n) is 16.2. The summed E-state index contributed by atoms with van der Waals surface area (Å²) in [4.78, 5) is 16.4. The van der Waals surface area contributed by atoms with Gasteiger partial charge in [-0.1, -0.05) is 30.3 Å². The van der Waals surface area contributed by atoms with Gasteiger partial charge >= 0.3 is 5.97 Å². The van der Waals surface area contributed by atoms with E-state index in [4.69, 9.17) is 4.74 Å². The van der Waals surface area contributed by atoms with E-state index >= 15 is 0 Å². The Balaban J connectivity index is 1.66. The molecule has 1 saturated heterocycles. The molecule has 1 atom stereocenters. The molecule has 0 amide bonds. The SMILES string of the molecule is CC(=O)OC(Cc1ccc(S(C)(=O)=O)cc1)N1CCN(c2ccccc2)CC1. The molecule has 1 heterocycles. The largest absolute Gasteiger partial charge is 0.446 e. The Kier molecular flexibility index (Phi) is 6.36. The van der Waals surface area contributed by atoms with Crippen LogP contribution in [0.5, 0.6) is 0 Å². The van der Waals surface area contributed by atoms with E-state index in [9.17, 15) is 13.2 Å². The van der Waals surface area contributed by atoms with E-state index in [1.807, 2.05) is 18.2 Å². The molecule has 7 heteroatoms. The molecule has 0 aliphatic carbocycles. The van der Waals surface area contributed by atoms with E-state index in [1.165, 1.54) is 18.9 Å². The Labute approximate surface area is 166 Å². The van der Waals surface area contributed by atoms with E-state index < -0.39 is 9.84 Å². The van der Waals surface area contributed by atoms with Crippen molar-refractivity contribution in [2.24, 2.45) is 0 Å². The first kappa shape index (κ1) is 20.4. The van der Waals surface area contributed by atoms with Crippen LogP contribution in [0.1, 0.15) is 12.5 Å². The standard InChI is InChI=1S/C21H26N2O4S/c1-17(24)27-21(16-18-8-10-20(11-9-18)28(2,25)26)23-14-12-22(13-15-23)19-6-4-3-5-7-19/h3-11,21H,12-16H2,1-2H3. The molecule has 1 aliphatic rings. The second kappa shape index (κ2) is 8.75. The summed E-state index contributed by atoms with van der Waals surface area (Å²) < 4.78 is 28.8. The van der Waals surface area contributed by atoms with Crippen molar-refractivity contribution in [3.63, 3.8) is 0 Å². The lowest BCUT2D eigenvalue weighted by atomic mass is 10.1. The molecule has 2 aromatic rings. The van der Waals surface area contributed by atoms with Gasteiger partial charge in [0.15, 0.2) is 16.1 Å². The topological polar surface area (TPSA) is 66.9 Å². The molecule has 0 N–H and O–H groups in total. The molecule has 1 aliphatic heterocycles. The van der Waals surface area contributed by atoms with Gasteiger partial charge in [-0.2, -0.15) is 0 Å². The summed E-state index contributed by atoms with van der Waals surface area (Å²) in [5, 5.41) is 0. The van der Waals surface area contributed by atoms with Crippen LogP contribution in [0.25, 0.3) is 0 Å². The van der Waals surface area contributed by atoms with Gasteiger partial charge in [0.1, 0.15) is 0 Å². The lowest BCUT2D eigenvalue weighted by Gasteiger charge is -2.39. The second-order valence-electron chi connectivity index (χ2n) is 7.04. The van der Waals surface area contributed by atoms with E-state index in [0.717, 1.165) is 31.7 Å². The van der Waals surface area contributed by atoms with Crippen molar-refractivity contribution in [1.82, 2.24) is 4.90 Å². The molecule has 2 aromatic carbocycles. The fraction of sp³-hybridized carbons (Fsp3) is 0.381. The first-order valence-electron chi connectivity index (χ1n) is 9.33. The minimum Gasteiger partial charge on any atom is -0.446 e. The Morgan fingerprint density at radius 2 is 1.61 bits per heavy atom. The summed E-state index contributed by atoms with van der Waals surface area (Å²) in [5.41, 5.74) is 2.13. The van der Waals surface area contributed by atoms with Crippen molar-refractivity contribution in [2.75, 3.05) is 37.3 Å². The van der Waals surface area contributed by atoms with Gasteiger partial charge in [-0.05, 0) is 29.8 Å². The number of anilines is 1. The Morgan fingerprint density at radius 1 is 1.00 bits per heavy atom. The zero-order chi connectivity index (χ0) is 20.1. The van der Waals surface area contributed by atoms with E-state index in [0.29, 0.717) is 6.42 Å². The first-order valence-corrected chi connectivity index (χ1v) is 11.2. The molecule has 150 valence electrons. The molecule has 28 heavy (non-hydrogen) atoms. The molecule has 1 fully saturated rings. The minimum atomic E-state index is -3.22. The third-order valence-electron chi connectivity index (χ3n) is 4.91. The number of hydrogen-bond acceptors (Lipinski definition) is 6. The van der Waals surface area contributed by atoms with E-state index in [2.05, 4.69) is 21.9 Å². The lowest BCUT2D eigenvalue weighted by Crippen LogP contribution is -2.52. The van der Waals surface area contributed by atoms with Crippen LogP contribution < -0.4 is 4.90 Å². The van der Waals surface area contributed by atoms with Gasteiger partial charge in [0.05, 0.1) is 4.90 Å². The summed E-state index contributed by atoms with van der Waals surface area (Å²) in [6, 6.07) is 17.0. The highest BCUT2D eigenvalue weighted by Gasteiger charge is 2.26. The molecule has 0 bridgehead atoms. The highest BCUT2D eigenvalue weighted by Crippen LogP contribution is 2.19. The molecule has 6 nitrogen and oxygen atoms in total. The van der Waals surface area contributed by atoms with Crippen molar-refractivity contribution < 1.29 is 17.9 Å². The van der Waals surface area contributed by atoms with E-state index in [1.54, 1.807) is 24.3 Å². The Bertz CT molecular complexity index is 890. The predicted molar refractivity (Wildman–Crippen MR) is 109 cm³/mol. The number of nitrogens with zero attached hydrogens (tertiary/aromatic N) is 2. The molecular formula is C21H26N2O4S. The number of rotatable bonds is 6. The molecule has 0 saturated carbocycles. The van der Waals surface area contributed by atoms with Crippen molar-refractivity contribution >= 4 is 21.5 Å². The zero-order valence-corrected chi connectivity index (χ0v) is 17.1. The number of carbonyl (C=O) groups is 1. The van der Waals surface area contributed by atoms with Crippen molar-refractivity contribution in [3.8, 4) is 0 Å². The molecular weight excluding hydrogens is 376 g/mol. The van der Waals surface area contributed by atoms with Gasteiger partial charge in [-0.3, -0.25) is 9.69 Å². The summed E-state index contributed by atoms with van der Waals surface area (Å²) >= 11 is 0. The minimum absolute atomic E-state index is 0.289. The highest BCUT2D eigenvalue weighted by molar-refractivity contribution is 7.90. The van der Waals surface area contributed by atoms with Gasteiger partial charge in [0, 0.05) is 51.5 Å². The smallest absolute Gasteiger partial charge is 0.304 e. The number of ether oxygens (including phenoxy) is 1. The fourth-order valence-corrected chi connectivity index (χ4v) is 4.05. The third-order valence-corrected chi connectivity index (χ3v) is 6.04. The van der Waals surface area contributed by atoms with Gasteiger partial charge in [0.2, 0.25) is 0 Å². The Hall–Kier alpha value is -2.38. The number of carbonyl (C=O) groups excluding carboxylic acids is 1. The maximum Gasteiger partial charge on any atom is 0.304 e. The van der Waals surface area contributed by atoms with Crippen LogP contribution in [0.15, 0.2) is 59.5 Å². The molecule has 1 unspecified atom stereocenters. The van der Waals surface area contributed by atoms with Crippen LogP contribution in [-0.2, 0) is 25.8 Å². The molecule has 0 radical (unpaired) electrons. The molecule has 3 rings (SSSR count). The number of benzene rings is 2. The van der Waals surface area contributed by atoms with Gasteiger partial charge in [0.25, 0.3) is 0 Å². The van der Waals surface area contributed by atoms with Crippen LogP contribution in [0, 0.1) is 0 Å². The quantitative estimate of drug-likeness (QED) is 0.691. The van der Waals surface area contributed by atoms with Gasteiger partial charge in [-0.25, -0.2) is 8.42 Å². The van der Waals surface area contributed by atoms with Crippen molar-refractivity contribution in [2.45, 2.75) is 24.5 Å². The maximum atomic E-state index is 11.6. The van der Waals surface area contributed by atoms with Crippen LogP contribution in [0.2, 0.25) is 0 Å². The number of para-hydroxylation sites is 1. The van der Waals surface area contributed by atoms with Crippen molar-refractivity contribution in [3.05, 3.63) is 60.2 Å². The monoisotopic (exact) mass is 402 g/mol. The summed E-state index contributed by atoms with van der Waals surface area (Å²) in [7, 11) is -3.22. The lowest BCUT2D eigenvalue weighted by molar-refractivity contribution is -0.156.